The maximum Gasteiger partial charge on any atom is 0.101 e. The minimum absolute atomic E-state index is 0.286. The zero-order chi connectivity index (χ0) is 13.1. The van der Waals surface area contributed by atoms with E-state index in [0.717, 1.165) is 5.69 Å². The lowest BCUT2D eigenvalue weighted by Crippen LogP contribution is -2.20. The quantitative estimate of drug-likeness (QED) is 0.827. The first-order valence-electron chi connectivity index (χ1n) is 5.59. The molecule has 0 aliphatic rings. The van der Waals surface area contributed by atoms with E-state index >= 15 is 0 Å². The Bertz CT molecular complexity index is 572. The lowest BCUT2D eigenvalue weighted by Gasteiger charge is -2.26. The van der Waals surface area contributed by atoms with Crippen LogP contribution < -0.4 is 4.90 Å². The molecule has 0 aliphatic carbocycles. The summed E-state index contributed by atoms with van der Waals surface area (Å²) in [7, 11) is 2.03. The van der Waals surface area contributed by atoms with E-state index in [0.29, 0.717) is 10.6 Å². The third kappa shape index (κ3) is 2.50. The number of halogens is 1. The lowest BCUT2D eigenvalue weighted by atomic mass is 10.1. The second kappa shape index (κ2) is 5.43. The number of hydrogen-bond acceptors (Lipinski definition) is 3. The smallest absolute Gasteiger partial charge is 0.101 e. The standard InChI is InChI=1S/C14H13ClN2S/c1-10(14-4-3-7-18-14)17(2)12-6-5-11(9-16)13(15)8-12/h3-8,10H,1-2H3. The first-order valence-corrected chi connectivity index (χ1v) is 6.85. The molecule has 1 aromatic heterocycles. The molecule has 4 heteroatoms. The summed E-state index contributed by atoms with van der Waals surface area (Å²) in [6, 6.07) is 12.1. The maximum absolute atomic E-state index is 8.86. The van der Waals surface area contributed by atoms with E-state index in [1.807, 2.05) is 19.2 Å². The fourth-order valence-electron chi connectivity index (χ4n) is 1.76. The van der Waals surface area contributed by atoms with Crippen molar-refractivity contribution in [3.05, 3.63) is 51.2 Å². The summed E-state index contributed by atoms with van der Waals surface area (Å²) < 4.78 is 0. The van der Waals surface area contributed by atoms with Gasteiger partial charge in [0.25, 0.3) is 0 Å². The van der Waals surface area contributed by atoms with Gasteiger partial charge in [0.15, 0.2) is 0 Å². The van der Waals surface area contributed by atoms with Crippen LogP contribution in [0.4, 0.5) is 5.69 Å². The van der Waals surface area contributed by atoms with Crippen molar-refractivity contribution in [1.82, 2.24) is 0 Å². The third-order valence-electron chi connectivity index (χ3n) is 3.02. The molecule has 2 aromatic rings. The molecule has 0 fully saturated rings. The monoisotopic (exact) mass is 276 g/mol. The van der Waals surface area contributed by atoms with Crippen LogP contribution in [-0.4, -0.2) is 7.05 Å². The molecule has 92 valence electrons. The van der Waals surface area contributed by atoms with Gasteiger partial charge in [0.05, 0.1) is 16.6 Å². The Balaban J connectivity index is 2.27. The number of nitrogens with zero attached hydrogens (tertiary/aromatic N) is 2. The van der Waals surface area contributed by atoms with Crippen LogP contribution in [0.2, 0.25) is 5.02 Å². The summed E-state index contributed by atoms with van der Waals surface area (Å²) in [5, 5.41) is 11.4. The highest BCUT2D eigenvalue weighted by Crippen LogP contribution is 2.30. The topological polar surface area (TPSA) is 27.0 Å². The van der Waals surface area contributed by atoms with E-state index in [4.69, 9.17) is 16.9 Å². The van der Waals surface area contributed by atoms with Crippen molar-refractivity contribution in [3.63, 3.8) is 0 Å². The zero-order valence-corrected chi connectivity index (χ0v) is 11.8. The highest BCUT2D eigenvalue weighted by Gasteiger charge is 2.14. The van der Waals surface area contributed by atoms with Crippen LogP contribution in [0.3, 0.4) is 0 Å². The van der Waals surface area contributed by atoms with Crippen molar-refractivity contribution >= 4 is 28.6 Å². The normalized spacial score (nSPS) is 11.9. The number of anilines is 1. The molecule has 1 unspecified atom stereocenters. The maximum atomic E-state index is 8.86. The summed E-state index contributed by atoms with van der Waals surface area (Å²) in [4.78, 5) is 3.46. The van der Waals surface area contributed by atoms with Crippen molar-refractivity contribution in [3.8, 4) is 6.07 Å². The molecule has 0 radical (unpaired) electrons. The van der Waals surface area contributed by atoms with Gasteiger partial charge in [0, 0.05) is 17.6 Å². The Morgan fingerprint density at radius 2 is 2.17 bits per heavy atom. The van der Waals surface area contributed by atoms with Gasteiger partial charge < -0.3 is 4.90 Å². The van der Waals surface area contributed by atoms with Crippen LogP contribution in [-0.2, 0) is 0 Å². The highest BCUT2D eigenvalue weighted by atomic mass is 35.5. The van der Waals surface area contributed by atoms with Gasteiger partial charge in [-0.3, -0.25) is 0 Å². The molecule has 1 heterocycles. The lowest BCUT2D eigenvalue weighted by molar-refractivity contribution is 0.754. The second-order valence-electron chi connectivity index (χ2n) is 4.08. The Kier molecular flexibility index (Phi) is 3.90. The molecule has 1 atom stereocenters. The molecule has 0 N–H and O–H groups in total. The SMILES string of the molecule is CC(c1cccs1)N(C)c1ccc(C#N)c(Cl)c1. The predicted molar refractivity (Wildman–Crippen MR) is 77.3 cm³/mol. The van der Waals surface area contributed by atoms with Crippen LogP contribution >= 0.6 is 22.9 Å². The van der Waals surface area contributed by atoms with E-state index < -0.39 is 0 Å². The third-order valence-corrected chi connectivity index (χ3v) is 4.37. The van der Waals surface area contributed by atoms with Crippen LogP contribution in [0.5, 0.6) is 0 Å². The number of benzene rings is 1. The Hall–Kier alpha value is -1.50. The van der Waals surface area contributed by atoms with Crippen molar-refractivity contribution in [2.75, 3.05) is 11.9 Å². The highest BCUT2D eigenvalue weighted by molar-refractivity contribution is 7.10. The van der Waals surface area contributed by atoms with Crippen LogP contribution in [0.15, 0.2) is 35.7 Å². The van der Waals surface area contributed by atoms with E-state index in [1.165, 1.54) is 4.88 Å². The average molecular weight is 277 g/mol. The summed E-state index contributed by atoms with van der Waals surface area (Å²) in [6.45, 7) is 2.15. The first kappa shape index (κ1) is 12.9. The predicted octanol–water partition coefficient (Wildman–Crippen LogP) is 4.47. The Labute approximate surface area is 116 Å². The summed E-state index contributed by atoms with van der Waals surface area (Å²) >= 11 is 7.80. The summed E-state index contributed by atoms with van der Waals surface area (Å²) in [5.74, 6) is 0. The van der Waals surface area contributed by atoms with Crippen molar-refractivity contribution < 1.29 is 0 Å². The van der Waals surface area contributed by atoms with Crippen molar-refractivity contribution in [2.24, 2.45) is 0 Å². The molecule has 2 nitrogen and oxygen atoms in total. The molecule has 2 rings (SSSR count). The van der Waals surface area contributed by atoms with Gasteiger partial charge >= 0.3 is 0 Å². The number of rotatable bonds is 3. The van der Waals surface area contributed by atoms with E-state index in [1.54, 1.807) is 17.4 Å². The van der Waals surface area contributed by atoms with Crippen LogP contribution in [0.25, 0.3) is 0 Å². The van der Waals surface area contributed by atoms with Crippen LogP contribution in [0.1, 0.15) is 23.4 Å². The summed E-state index contributed by atoms with van der Waals surface area (Å²) in [6.07, 6.45) is 0. The molecular weight excluding hydrogens is 264 g/mol. The molecule has 0 bridgehead atoms. The van der Waals surface area contributed by atoms with Crippen molar-refractivity contribution in [1.29, 1.82) is 5.26 Å². The molecule has 18 heavy (non-hydrogen) atoms. The number of thiophene rings is 1. The number of hydrogen-bond donors (Lipinski definition) is 0. The minimum Gasteiger partial charge on any atom is -0.367 e. The van der Waals surface area contributed by atoms with Gasteiger partial charge in [-0.05, 0) is 36.6 Å². The Morgan fingerprint density at radius 3 is 2.72 bits per heavy atom. The number of nitriles is 1. The first-order chi connectivity index (χ1) is 8.63. The van der Waals surface area contributed by atoms with E-state index in [9.17, 15) is 0 Å². The molecule has 0 amide bonds. The van der Waals surface area contributed by atoms with E-state index in [2.05, 4.69) is 35.4 Å². The minimum atomic E-state index is 0.286. The molecule has 0 spiro atoms. The Morgan fingerprint density at radius 1 is 1.39 bits per heavy atom. The fourth-order valence-corrected chi connectivity index (χ4v) is 2.80. The van der Waals surface area contributed by atoms with Gasteiger partial charge in [-0.1, -0.05) is 17.7 Å². The van der Waals surface area contributed by atoms with Gasteiger partial charge in [-0.25, -0.2) is 0 Å². The van der Waals surface area contributed by atoms with Crippen molar-refractivity contribution in [2.45, 2.75) is 13.0 Å². The van der Waals surface area contributed by atoms with Gasteiger partial charge in [0.1, 0.15) is 6.07 Å². The molecular formula is C14H13ClN2S. The molecule has 0 saturated heterocycles. The van der Waals surface area contributed by atoms with Crippen LogP contribution in [0, 0.1) is 11.3 Å². The molecule has 0 aliphatic heterocycles. The largest absolute Gasteiger partial charge is 0.367 e. The summed E-state index contributed by atoms with van der Waals surface area (Å²) in [5.41, 5.74) is 1.53. The fraction of sp³-hybridized carbons (Fsp3) is 0.214. The molecule has 0 saturated carbocycles. The second-order valence-corrected chi connectivity index (χ2v) is 5.46. The van der Waals surface area contributed by atoms with Gasteiger partial charge in [-0.15, -0.1) is 11.3 Å². The van der Waals surface area contributed by atoms with E-state index in [-0.39, 0.29) is 6.04 Å². The van der Waals surface area contributed by atoms with Gasteiger partial charge in [-0.2, -0.15) is 5.26 Å². The molecule has 1 aromatic carbocycles. The zero-order valence-electron chi connectivity index (χ0n) is 10.2. The van der Waals surface area contributed by atoms with Gasteiger partial charge in [0.2, 0.25) is 0 Å². The average Bonchev–Trinajstić information content (AvgIpc) is 2.90.